The van der Waals surface area contributed by atoms with Crippen molar-refractivity contribution in [3.63, 3.8) is 0 Å². The third-order valence-electron chi connectivity index (χ3n) is 7.99. The number of phenols is 1. The lowest BCUT2D eigenvalue weighted by Crippen LogP contribution is -2.66. The minimum atomic E-state index is -0.445. The highest BCUT2D eigenvalue weighted by Gasteiger charge is 2.51. The van der Waals surface area contributed by atoms with Crippen LogP contribution in [-0.4, -0.2) is 83.9 Å². The van der Waals surface area contributed by atoms with Crippen molar-refractivity contribution in [1.29, 1.82) is 0 Å². The average molecular weight is 444 g/mol. The van der Waals surface area contributed by atoms with Crippen LogP contribution in [0.5, 0.6) is 5.75 Å². The number of nitrogens with zero attached hydrogens (tertiary/aromatic N) is 3. The van der Waals surface area contributed by atoms with E-state index >= 15 is 0 Å². The Morgan fingerprint density at radius 3 is 2.59 bits per heavy atom. The molecule has 2 bridgehead atoms. The van der Waals surface area contributed by atoms with Gasteiger partial charge < -0.3 is 24.5 Å². The fourth-order valence-electron chi connectivity index (χ4n) is 6.37. The molecule has 32 heavy (non-hydrogen) atoms. The van der Waals surface area contributed by atoms with Crippen LogP contribution in [0.1, 0.15) is 58.1 Å². The number of ether oxygens (including phenoxy) is 1. The Balaban J connectivity index is 1.44. The van der Waals surface area contributed by atoms with Gasteiger partial charge in [-0.15, -0.1) is 0 Å². The summed E-state index contributed by atoms with van der Waals surface area (Å²) in [4.78, 5) is 19.4. The second kappa shape index (κ2) is 8.53. The fraction of sp³-hybridized carbons (Fsp3) is 0.731. The SMILES string of the molecule is CN1CC[C@]2(C)c3cc(O)ccc3C[C@@H]1[C@@H]2N(C)CC1CCN(C(=O)OC(C)(C)C)CC1. The predicted octanol–water partition coefficient (Wildman–Crippen LogP) is 3.86. The first-order valence-corrected chi connectivity index (χ1v) is 12.2. The molecule has 1 amide bonds. The third-order valence-corrected chi connectivity index (χ3v) is 7.99. The molecule has 1 aromatic carbocycles. The molecule has 0 unspecified atom stereocenters. The molecule has 0 spiro atoms. The molecule has 3 aliphatic rings. The lowest BCUT2D eigenvalue weighted by atomic mass is 9.61. The minimum Gasteiger partial charge on any atom is -0.508 e. The van der Waals surface area contributed by atoms with Gasteiger partial charge in [0, 0.05) is 37.1 Å². The van der Waals surface area contributed by atoms with Crippen molar-refractivity contribution < 1.29 is 14.6 Å². The van der Waals surface area contributed by atoms with Gasteiger partial charge >= 0.3 is 6.09 Å². The molecule has 1 aliphatic carbocycles. The first-order valence-electron chi connectivity index (χ1n) is 12.2. The minimum absolute atomic E-state index is 0.0372. The summed E-state index contributed by atoms with van der Waals surface area (Å²) in [5.41, 5.74) is 2.31. The van der Waals surface area contributed by atoms with Crippen LogP contribution in [0.15, 0.2) is 18.2 Å². The summed E-state index contributed by atoms with van der Waals surface area (Å²) in [5, 5.41) is 10.2. The number of amides is 1. The second-order valence-electron chi connectivity index (χ2n) is 11.6. The molecule has 1 aromatic rings. The van der Waals surface area contributed by atoms with E-state index in [4.69, 9.17) is 4.74 Å². The number of carbonyl (C=O) groups excluding carboxylic acids is 1. The standard InChI is InChI=1S/C26H41N3O3/c1-25(2,3)32-24(31)29-12-9-18(10-13-29)17-28(6)23-22-15-19-7-8-20(30)16-21(19)26(23,4)11-14-27(22)5/h7-8,16,18,22-23,30H,9-15,17H2,1-6H3/t22-,23+,26-/m1/s1. The summed E-state index contributed by atoms with van der Waals surface area (Å²) >= 11 is 0. The Labute approximate surface area is 193 Å². The second-order valence-corrected chi connectivity index (χ2v) is 11.6. The summed E-state index contributed by atoms with van der Waals surface area (Å²) in [7, 11) is 4.54. The number of fused-ring (bicyclic) bond motifs is 4. The van der Waals surface area contributed by atoms with E-state index in [1.54, 1.807) is 0 Å². The maximum atomic E-state index is 12.4. The zero-order valence-corrected chi connectivity index (χ0v) is 20.7. The van der Waals surface area contributed by atoms with E-state index < -0.39 is 5.60 Å². The number of carbonyl (C=O) groups is 1. The van der Waals surface area contributed by atoms with Crippen molar-refractivity contribution >= 4 is 6.09 Å². The Hall–Kier alpha value is -1.79. The van der Waals surface area contributed by atoms with Crippen LogP contribution < -0.4 is 0 Å². The number of hydrogen-bond donors (Lipinski definition) is 1. The Morgan fingerprint density at radius 1 is 1.25 bits per heavy atom. The van der Waals surface area contributed by atoms with Crippen molar-refractivity contribution in [3.8, 4) is 5.75 Å². The summed E-state index contributed by atoms with van der Waals surface area (Å²) < 4.78 is 5.56. The number of benzene rings is 1. The van der Waals surface area contributed by atoms with Crippen molar-refractivity contribution in [1.82, 2.24) is 14.7 Å². The van der Waals surface area contributed by atoms with Gasteiger partial charge in [-0.05, 0) is 96.3 Å². The number of aromatic hydroxyl groups is 1. The van der Waals surface area contributed by atoms with E-state index in [-0.39, 0.29) is 11.5 Å². The first kappa shape index (κ1) is 23.4. The van der Waals surface area contributed by atoms with Gasteiger partial charge in [0.15, 0.2) is 0 Å². The van der Waals surface area contributed by atoms with Crippen molar-refractivity contribution in [2.75, 3.05) is 40.3 Å². The van der Waals surface area contributed by atoms with Crippen LogP contribution in [0, 0.1) is 5.92 Å². The molecule has 2 aliphatic heterocycles. The van der Waals surface area contributed by atoms with Gasteiger partial charge in [-0.1, -0.05) is 13.0 Å². The molecule has 0 aromatic heterocycles. The lowest BCUT2D eigenvalue weighted by molar-refractivity contribution is -0.0104. The smallest absolute Gasteiger partial charge is 0.410 e. The molecule has 1 N–H and O–H groups in total. The van der Waals surface area contributed by atoms with Gasteiger partial charge in [-0.25, -0.2) is 4.79 Å². The third kappa shape index (κ3) is 4.49. The highest BCUT2D eigenvalue weighted by molar-refractivity contribution is 5.68. The van der Waals surface area contributed by atoms with Crippen LogP contribution in [0.4, 0.5) is 4.79 Å². The van der Waals surface area contributed by atoms with E-state index in [9.17, 15) is 9.90 Å². The summed E-state index contributed by atoms with van der Waals surface area (Å²) in [5.74, 6) is 0.956. The van der Waals surface area contributed by atoms with E-state index in [1.165, 1.54) is 11.1 Å². The Bertz CT molecular complexity index is 843. The highest BCUT2D eigenvalue weighted by Crippen LogP contribution is 2.47. The van der Waals surface area contributed by atoms with E-state index in [0.717, 1.165) is 51.9 Å². The van der Waals surface area contributed by atoms with Crippen LogP contribution in [0.2, 0.25) is 0 Å². The molecule has 178 valence electrons. The number of hydrogen-bond acceptors (Lipinski definition) is 5. The average Bonchev–Trinajstić information content (AvgIpc) is 2.71. The Morgan fingerprint density at radius 2 is 1.94 bits per heavy atom. The summed E-state index contributed by atoms with van der Waals surface area (Å²) in [6, 6.07) is 6.87. The van der Waals surface area contributed by atoms with Gasteiger partial charge in [0.05, 0.1) is 0 Å². The summed E-state index contributed by atoms with van der Waals surface area (Å²) in [6.07, 6.45) is 3.99. The molecule has 4 rings (SSSR count). The maximum Gasteiger partial charge on any atom is 0.410 e. The molecular weight excluding hydrogens is 402 g/mol. The molecular formula is C26H41N3O3. The summed E-state index contributed by atoms with van der Waals surface area (Å²) in [6.45, 7) is 11.8. The number of phenolic OH excluding ortho intramolecular Hbond substituents is 1. The van der Waals surface area contributed by atoms with Crippen LogP contribution in [0.25, 0.3) is 0 Å². The van der Waals surface area contributed by atoms with Gasteiger partial charge in [-0.3, -0.25) is 0 Å². The normalized spacial score (nSPS) is 29.2. The van der Waals surface area contributed by atoms with Crippen molar-refractivity contribution in [2.24, 2.45) is 5.92 Å². The molecule has 6 heteroatoms. The molecule has 0 radical (unpaired) electrons. The largest absolute Gasteiger partial charge is 0.508 e. The lowest BCUT2D eigenvalue weighted by Gasteiger charge is -2.58. The van der Waals surface area contributed by atoms with Gasteiger partial charge in [-0.2, -0.15) is 0 Å². The van der Waals surface area contributed by atoms with Gasteiger partial charge in [0.2, 0.25) is 0 Å². The van der Waals surface area contributed by atoms with Crippen LogP contribution in [-0.2, 0) is 16.6 Å². The van der Waals surface area contributed by atoms with Gasteiger partial charge in [0.25, 0.3) is 0 Å². The van der Waals surface area contributed by atoms with E-state index in [0.29, 0.717) is 23.8 Å². The molecule has 2 saturated heterocycles. The zero-order chi connectivity index (χ0) is 23.3. The van der Waals surface area contributed by atoms with E-state index in [1.807, 2.05) is 37.8 Å². The Kier molecular flexibility index (Phi) is 6.23. The number of likely N-dealkylation sites (N-methyl/N-ethyl adjacent to an activating group) is 2. The van der Waals surface area contributed by atoms with Crippen molar-refractivity contribution in [3.05, 3.63) is 29.3 Å². The highest BCUT2D eigenvalue weighted by atomic mass is 16.6. The molecule has 3 atom stereocenters. The topological polar surface area (TPSA) is 56.2 Å². The molecule has 2 heterocycles. The fourth-order valence-corrected chi connectivity index (χ4v) is 6.37. The maximum absolute atomic E-state index is 12.4. The van der Waals surface area contributed by atoms with E-state index in [2.05, 4.69) is 36.9 Å². The zero-order valence-electron chi connectivity index (χ0n) is 20.7. The number of rotatable bonds is 3. The molecule has 2 fully saturated rings. The number of piperidine rings is 2. The van der Waals surface area contributed by atoms with Crippen molar-refractivity contribution in [2.45, 2.75) is 76.5 Å². The quantitative estimate of drug-likeness (QED) is 0.769. The van der Waals surface area contributed by atoms with Crippen LogP contribution >= 0.6 is 0 Å². The number of likely N-dealkylation sites (tertiary alicyclic amines) is 2. The first-order chi connectivity index (χ1) is 15.0. The van der Waals surface area contributed by atoms with Gasteiger partial charge in [0.1, 0.15) is 11.4 Å². The predicted molar refractivity (Wildman–Crippen MR) is 127 cm³/mol. The monoisotopic (exact) mass is 443 g/mol. The molecule has 0 saturated carbocycles. The van der Waals surface area contributed by atoms with Crippen LogP contribution in [0.3, 0.4) is 0 Å². The molecule has 6 nitrogen and oxygen atoms in total.